The van der Waals surface area contributed by atoms with Gasteiger partial charge >= 0.3 is 0 Å². The van der Waals surface area contributed by atoms with Gasteiger partial charge in [-0.1, -0.05) is 42.1 Å². The van der Waals surface area contributed by atoms with E-state index in [-0.39, 0.29) is 12.0 Å². The molecule has 0 atom stereocenters. The van der Waals surface area contributed by atoms with E-state index in [2.05, 4.69) is 20.8 Å². The smallest absolute Gasteiger partial charge is 0.269 e. The molecule has 2 N–H and O–H groups in total. The van der Waals surface area contributed by atoms with Crippen molar-refractivity contribution < 1.29 is 14.0 Å². The van der Waals surface area contributed by atoms with Crippen molar-refractivity contribution in [1.29, 1.82) is 0 Å². The fraction of sp³-hybridized carbons (Fsp3) is 0.182. The highest BCUT2D eigenvalue weighted by Gasteiger charge is 2.10. The van der Waals surface area contributed by atoms with Crippen molar-refractivity contribution in [3.8, 4) is 0 Å². The number of benzene rings is 2. The average molecular weight is 425 g/mol. The highest BCUT2D eigenvalue weighted by Crippen LogP contribution is 2.20. The summed E-state index contributed by atoms with van der Waals surface area (Å²) >= 11 is 1.52. The van der Waals surface area contributed by atoms with Crippen LogP contribution in [0.5, 0.6) is 0 Å². The molecule has 0 radical (unpaired) electrons. The maximum absolute atomic E-state index is 13.6. The van der Waals surface area contributed by atoms with Gasteiger partial charge in [-0.3, -0.25) is 20.4 Å². The standard InChI is InChI=1S/C22H21FN4O2S/c1-14-11-15(2)25-22(24-14)30-13-16-7-9-17(10-8-16)21(29)27-26-20(28)12-18-5-3-4-6-19(18)23/h3-11H,12-13H2,1-2H3,(H,26,28)(H,27,29). The van der Waals surface area contributed by atoms with Crippen LogP contribution in [0.3, 0.4) is 0 Å². The Hall–Kier alpha value is -3.26. The first kappa shape index (κ1) is 21.4. The molecule has 0 aliphatic carbocycles. The lowest BCUT2D eigenvalue weighted by Gasteiger charge is -2.08. The molecule has 0 saturated carbocycles. The topological polar surface area (TPSA) is 84.0 Å². The number of thioether (sulfide) groups is 1. The lowest BCUT2D eigenvalue weighted by Crippen LogP contribution is -2.42. The third-order valence-electron chi connectivity index (χ3n) is 4.17. The van der Waals surface area contributed by atoms with Gasteiger partial charge in [-0.05, 0) is 49.2 Å². The lowest BCUT2D eigenvalue weighted by atomic mass is 10.1. The molecule has 2 amide bonds. The Morgan fingerprint density at radius 1 is 0.967 bits per heavy atom. The van der Waals surface area contributed by atoms with Crippen molar-refractivity contribution >= 4 is 23.6 Å². The second-order valence-electron chi connectivity index (χ2n) is 6.69. The molecule has 154 valence electrons. The van der Waals surface area contributed by atoms with Crippen molar-refractivity contribution in [2.75, 3.05) is 0 Å². The van der Waals surface area contributed by atoms with Gasteiger partial charge in [-0.15, -0.1) is 0 Å². The third kappa shape index (κ3) is 6.12. The van der Waals surface area contributed by atoms with Gasteiger partial charge in [0.25, 0.3) is 5.91 Å². The van der Waals surface area contributed by atoms with Crippen LogP contribution in [0.25, 0.3) is 0 Å². The number of hydrazine groups is 1. The van der Waals surface area contributed by atoms with E-state index in [4.69, 9.17) is 0 Å². The number of hydrogen-bond acceptors (Lipinski definition) is 5. The van der Waals surface area contributed by atoms with Gasteiger partial charge in [0.15, 0.2) is 5.16 Å². The molecule has 1 aromatic heterocycles. The normalized spacial score (nSPS) is 10.5. The van der Waals surface area contributed by atoms with Crippen LogP contribution in [-0.4, -0.2) is 21.8 Å². The molecule has 0 fully saturated rings. The van der Waals surface area contributed by atoms with Crippen molar-refractivity contribution in [3.63, 3.8) is 0 Å². The quantitative estimate of drug-likeness (QED) is 0.359. The van der Waals surface area contributed by atoms with Gasteiger partial charge in [0.1, 0.15) is 5.82 Å². The fourth-order valence-electron chi connectivity index (χ4n) is 2.72. The number of aromatic nitrogens is 2. The minimum absolute atomic E-state index is 0.163. The molecule has 6 nitrogen and oxygen atoms in total. The van der Waals surface area contributed by atoms with Crippen molar-refractivity contribution in [1.82, 2.24) is 20.8 Å². The molecule has 0 aliphatic heterocycles. The molecule has 30 heavy (non-hydrogen) atoms. The number of aryl methyl sites for hydroxylation is 2. The summed E-state index contributed by atoms with van der Waals surface area (Å²) in [6.45, 7) is 3.86. The summed E-state index contributed by atoms with van der Waals surface area (Å²) in [5.74, 6) is -0.744. The number of amides is 2. The zero-order chi connectivity index (χ0) is 21.5. The third-order valence-corrected chi connectivity index (χ3v) is 5.09. The predicted octanol–water partition coefficient (Wildman–Crippen LogP) is 3.53. The SMILES string of the molecule is Cc1cc(C)nc(SCc2ccc(C(=O)NNC(=O)Cc3ccccc3F)cc2)n1. The molecule has 0 aliphatic rings. The summed E-state index contributed by atoms with van der Waals surface area (Å²) in [6, 6.07) is 15.0. The summed E-state index contributed by atoms with van der Waals surface area (Å²) in [5, 5.41) is 0.715. The highest BCUT2D eigenvalue weighted by atomic mass is 32.2. The molecule has 3 rings (SSSR count). The highest BCUT2D eigenvalue weighted by molar-refractivity contribution is 7.98. The molecule has 0 saturated heterocycles. The van der Waals surface area contributed by atoms with Crippen LogP contribution in [0.15, 0.2) is 59.8 Å². The first-order valence-electron chi connectivity index (χ1n) is 9.27. The van der Waals surface area contributed by atoms with Gasteiger partial charge < -0.3 is 0 Å². The van der Waals surface area contributed by atoms with Crippen molar-refractivity contribution in [2.45, 2.75) is 31.2 Å². The van der Waals surface area contributed by atoms with Crippen LogP contribution < -0.4 is 10.9 Å². The first-order valence-corrected chi connectivity index (χ1v) is 10.3. The molecule has 0 unspecified atom stereocenters. The number of carbonyl (C=O) groups excluding carboxylic acids is 2. The van der Waals surface area contributed by atoms with Gasteiger partial charge in [0.2, 0.25) is 5.91 Å². The van der Waals surface area contributed by atoms with E-state index < -0.39 is 17.6 Å². The average Bonchev–Trinajstić information content (AvgIpc) is 2.72. The number of carbonyl (C=O) groups is 2. The minimum Gasteiger partial charge on any atom is -0.273 e. The molecule has 1 heterocycles. The van der Waals surface area contributed by atoms with Gasteiger partial charge in [0.05, 0.1) is 6.42 Å². The van der Waals surface area contributed by atoms with Crippen LogP contribution in [0.1, 0.15) is 32.9 Å². The van der Waals surface area contributed by atoms with E-state index in [1.165, 1.54) is 23.9 Å². The van der Waals surface area contributed by atoms with Gasteiger partial charge in [-0.25, -0.2) is 14.4 Å². The summed E-state index contributed by atoms with van der Waals surface area (Å²) < 4.78 is 13.6. The second-order valence-corrected chi connectivity index (χ2v) is 7.63. The maximum atomic E-state index is 13.6. The van der Waals surface area contributed by atoms with E-state index in [0.717, 1.165) is 17.0 Å². The molecule has 0 bridgehead atoms. The zero-order valence-electron chi connectivity index (χ0n) is 16.6. The summed E-state index contributed by atoms with van der Waals surface area (Å²) in [7, 11) is 0. The molecule has 3 aromatic rings. The Balaban J connectivity index is 1.49. The second kappa shape index (κ2) is 9.98. The Morgan fingerprint density at radius 2 is 1.63 bits per heavy atom. The van der Waals surface area contributed by atoms with E-state index >= 15 is 0 Å². The Morgan fingerprint density at radius 3 is 2.30 bits per heavy atom. The Kier molecular flexibility index (Phi) is 7.13. The number of nitrogens with zero attached hydrogens (tertiary/aromatic N) is 2. The predicted molar refractivity (Wildman–Crippen MR) is 113 cm³/mol. The molecular formula is C22H21FN4O2S. The van der Waals surface area contributed by atoms with Crippen LogP contribution >= 0.6 is 11.8 Å². The Labute approximate surface area is 178 Å². The largest absolute Gasteiger partial charge is 0.273 e. The number of rotatable bonds is 6. The van der Waals surface area contributed by atoms with Gasteiger partial charge in [-0.2, -0.15) is 0 Å². The van der Waals surface area contributed by atoms with E-state index in [1.807, 2.05) is 32.0 Å². The Bertz CT molecular complexity index is 1040. The summed E-state index contributed by atoms with van der Waals surface area (Å²) in [5.41, 5.74) is 8.17. The maximum Gasteiger partial charge on any atom is 0.269 e. The minimum atomic E-state index is -0.505. The molecule has 2 aromatic carbocycles. The lowest BCUT2D eigenvalue weighted by molar-refractivity contribution is -0.121. The number of hydrogen-bond donors (Lipinski definition) is 2. The van der Waals surface area contributed by atoms with Crippen molar-refractivity contribution in [3.05, 3.63) is 88.5 Å². The van der Waals surface area contributed by atoms with Crippen LogP contribution in [0, 0.1) is 19.7 Å². The fourth-order valence-corrected chi connectivity index (χ4v) is 3.62. The van der Waals surface area contributed by atoms with E-state index in [0.29, 0.717) is 16.5 Å². The van der Waals surface area contributed by atoms with E-state index in [9.17, 15) is 14.0 Å². The summed E-state index contributed by atoms with van der Waals surface area (Å²) in [6.07, 6.45) is -0.163. The molecule has 8 heteroatoms. The van der Waals surface area contributed by atoms with Crippen LogP contribution in [0.2, 0.25) is 0 Å². The molecular weight excluding hydrogens is 403 g/mol. The monoisotopic (exact) mass is 424 g/mol. The zero-order valence-corrected chi connectivity index (χ0v) is 17.4. The van der Waals surface area contributed by atoms with Gasteiger partial charge in [0, 0.05) is 22.7 Å². The van der Waals surface area contributed by atoms with Crippen LogP contribution in [-0.2, 0) is 17.0 Å². The van der Waals surface area contributed by atoms with Crippen LogP contribution in [0.4, 0.5) is 4.39 Å². The van der Waals surface area contributed by atoms with Crippen molar-refractivity contribution in [2.24, 2.45) is 0 Å². The van der Waals surface area contributed by atoms with E-state index in [1.54, 1.807) is 24.3 Å². The number of nitrogens with one attached hydrogen (secondary N) is 2. The first-order chi connectivity index (χ1) is 14.4. The molecule has 0 spiro atoms. The summed E-state index contributed by atoms with van der Waals surface area (Å²) in [4.78, 5) is 32.9. The number of halogens is 1.